The van der Waals surface area contributed by atoms with E-state index in [-0.39, 0.29) is 30.1 Å². The number of aliphatic hydroxyl groups is 7. The highest BCUT2D eigenvalue weighted by Gasteiger charge is 2.53. The van der Waals surface area contributed by atoms with E-state index >= 15 is 0 Å². The number of esters is 1. The van der Waals surface area contributed by atoms with E-state index in [2.05, 4.69) is 0 Å². The molecular weight excluding hydrogens is 724 g/mol. The van der Waals surface area contributed by atoms with Crippen molar-refractivity contribution in [1.82, 2.24) is 0 Å². The molecule has 54 heavy (non-hydrogen) atoms. The lowest BCUT2D eigenvalue weighted by atomic mass is 9.96. The van der Waals surface area contributed by atoms with Crippen molar-refractivity contribution in [3.05, 3.63) is 53.6 Å². The Morgan fingerprint density at radius 1 is 0.648 bits per heavy atom. The number of hydrogen-bond donors (Lipinski definition) is 11. The van der Waals surface area contributed by atoms with Crippen LogP contribution in [0, 0.1) is 0 Å². The van der Waals surface area contributed by atoms with Crippen molar-refractivity contribution in [1.29, 1.82) is 0 Å². The van der Waals surface area contributed by atoms with Gasteiger partial charge in [-0.3, -0.25) is 0 Å². The van der Waals surface area contributed by atoms with E-state index in [1.807, 2.05) is 0 Å². The fourth-order valence-electron chi connectivity index (χ4n) is 6.08. The molecule has 0 bridgehead atoms. The third-order valence-electron chi connectivity index (χ3n) is 9.32. The molecule has 3 fully saturated rings. The number of benzene rings is 2. The maximum Gasteiger partial charge on any atom is 0.331 e. The van der Waals surface area contributed by atoms with E-state index in [1.165, 1.54) is 56.3 Å². The molecule has 5 rings (SSSR count). The first-order chi connectivity index (χ1) is 25.5. The maximum absolute atomic E-state index is 13.3. The molecule has 3 saturated heterocycles. The summed E-state index contributed by atoms with van der Waals surface area (Å²) in [5.74, 6) is -2.62. The van der Waals surface area contributed by atoms with Crippen LogP contribution in [0.1, 0.15) is 25.0 Å². The second-order valence-corrected chi connectivity index (χ2v) is 13.3. The number of aliphatic hydroxyl groups excluding tert-OH is 7. The van der Waals surface area contributed by atoms with Crippen LogP contribution < -0.4 is 0 Å². The zero-order valence-electron chi connectivity index (χ0n) is 29.1. The molecule has 15 atom stereocenters. The van der Waals surface area contributed by atoms with Gasteiger partial charge in [-0.2, -0.15) is 0 Å². The van der Waals surface area contributed by atoms with Crippen molar-refractivity contribution in [2.24, 2.45) is 0 Å². The van der Waals surface area contributed by atoms with Crippen LogP contribution in [0.5, 0.6) is 23.0 Å². The van der Waals surface area contributed by atoms with Gasteiger partial charge in [0.2, 0.25) is 0 Å². The van der Waals surface area contributed by atoms with Gasteiger partial charge in [-0.1, -0.05) is 12.1 Å². The Morgan fingerprint density at radius 3 is 1.85 bits per heavy atom. The number of carbonyl (C=O) groups excluding carboxylic acids is 1. The number of ether oxygens (including phenoxy) is 7. The van der Waals surface area contributed by atoms with Crippen LogP contribution in [-0.2, 0) is 44.4 Å². The molecule has 3 heterocycles. The molecule has 19 nitrogen and oxygen atoms in total. The highest BCUT2D eigenvalue weighted by Crippen LogP contribution is 2.33. The zero-order chi connectivity index (χ0) is 39.4. The Bertz CT molecular complexity index is 1590. The molecule has 3 aliphatic rings. The molecule has 19 heteroatoms. The van der Waals surface area contributed by atoms with Gasteiger partial charge in [0.15, 0.2) is 48.0 Å². The van der Waals surface area contributed by atoms with Gasteiger partial charge in [-0.15, -0.1) is 0 Å². The number of phenols is 4. The quantitative estimate of drug-likeness (QED) is 0.0622. The van der Waals surface area contributed by atoms with Crippen molar-refractivity contribution in [2.75, 3.05) is 13.2 Å². The Labute approximate surface area is 308 Å². The van der Waals surface area contributed by atoms with Crippen molar-refractivity contribution in [2.45, 2.75) is 112 Å². The van der Waals surface area contributed by atoms with Gasteiger partial charge >= 0.3 is 5.97 Å². The third kappa shape index (κ3) is 9.58. The molecule has 0 saturated carbocycles. The standard InChI is InChI=1S/C35H46O19/c1-14-24(41)26(43)28(45)33(50-14)49-13-22-31(53-23(40)8-5-16-3-6-18(36)20(38)11-16)32(54-35-29(46)27(44)25(42)15(2)51-35)30(47)34(52-22)48-10-9-17-4-7-19(37)21(39)12-17/h3-8,11-12,14-15,22,24-39,41-47H,9-10,13H2,1-2H3/b8-5+/t14-,15-,22-,24+,25+,26+,27+,28+,29+,30+,31+,32-,33-,34+,35+/m1/s1. The second kappa shape index (κ2) is 17.9. The van der Waals surface area contributed by atoms with Gasteiger partial charge in [-0.05, 0) is 61.7 Å². The molecule has 2 aromatic rings. The summed E-state index contributed by atoms with van der Waals surface area (Å²) in [7, 11) is 0. The van der Waals surface area contributed by atoms with Crippen LogP contribution in [0.25, 0.3) is 6.08 Å². The Morgan fingerprint density at radius 2 is 1.22 bits per heavy atom. The van der Waals surface area contributed by atoms with Gasteiger partial charge < -0.3 is 89.3 Å². The smallest absolute Gasteiger partial charge is 0.331 e. The van der Waals surface area contributed by atoms with Gasteiger partial charge in [0.05, 0.1) is 25.4 Å². The predicted octanol–water partition coefficient (Wildman–Crippen LogP) is -2.16. The van der Waals surface area contributed by atoms with Crippen LogP contribution in [0.2, 0.25) is 0 Å². The first kappa shape index (κ1) is 41.5. The number of phenolic OH excluding ortho intramolecular Hbond substituents is 4. The topological polar surface area (TPSA) is 304 Å². The fraction of sp³-hybridized carbons (Fsp3) is 0.571. The molecule has 0 aromatic heterocycles. The van der Waals surface area contributed by atoms with Crippen molar-refractivity contribution < 1.29 is 94.1 Å². The lowest BCUT2D eigenvalue weighted by Gasteiger charge is -2.47. The average Bonchev–Trinajstić information content (AvgIpc) is 3.14. The molecule has 0 amide bonds. The lowest BCUT2D eigenvalue weighted by molar-refractivity contribution is -0.363. The Balaban J connectivity index is 1.43. The Kier molecular flexibility index (Phi) is 13.7. The summed E-state index contributed by atoms with van der Waals surface area (Å²) in [4.78, 5) is 13.3. The monoisotopic (exact) mass is 770 g/mol. The van der Waals surface area contributed by atoms with E-state index in [0.717, 1.165) is 6.08 Å². The molecule has 0 aliphatic carbocycles. The molecule has 3 aliphatic heterocycles. The zero-order valence-corrected chi connectivity index (χ0v) is 29.1. The van der Waals surface area contributed by atoms with Crippen LogP contribution >= 0.6 is 0 Å². The lowest BCUT2D eigenvalue weighted by Crippen LogP contribution is -2.65. The first-order valence-corrected chi connectivity index (χ1v) is 17.1. The summed E-state index contributed by atoms with van der Waals surface area (Å²) in [6, 6.07) is 7.83. The predicted molar refractivity (Wildman–Crippen MR) is 178 cm³/mol. The molecule has 0 radical (unpaired) electrons. The molecule has 0 spiro atoms. The number of hydrogen-bond acceptors (Lipinski definition) is 19. The van der Waals surface area contributed by atoms with Gasteiger partial charge in [0, 0.05) is 6.08 Å². The summed E-state index contributed by atoms with van der Waals surface area (Å²) in [6.07, 6.45) is -21.1. The molecular formula is C35H46O19. The molecule has 300 valence electrons. The molecule has 0 unspecified atom stereocenters. The first-order valence-electron chi connectivity index (χ1n) is 17.1. The number of carbonyl (C=O) groups is 1. The number of rotatable bonds is 12. The SMILES string of the molecule is C[C@H]1O[C@@H](OC[C@H]2O[C@H](OCCc3ccc(O)c(O)c3)[C@@H](O)[C@@H](O[C@@H]3O[C@H](C)[C@H](O)[C@H](O)[C@@H]3O)[C@H]2OC(=O)/C=C/c2ccc(O)c(O)c2)[C@@H](O)[C@@H](O)[C@H]1O. The minimum absolute atomic E-state index is 0.134. The fourth-order valence-corrected chi connectivity index (χ4v) is 6.08. The van der Waals surface area contributed by atoms with E-state index in [9.17, 15) is 61.0 Å². The van der Waals surface area contributed by atoms with Crippen LogP contribution in [0.3, 0.4) is 0 Å². The van der Waals surface area contributed by atoms with E-state index in [1.54, 1.807) is 0 Å². The summed E-state index contributed by atoms with van der Waals surface area (Å²) >= 11 is 0. The van der Waals surface area contributed by atoms with Gasteiger partial charge in [0.1, 0.15) is 54.9 Å². The second-order valence-electron chi connectivity index (χ2n) is 13.3. The van der Waals surface area contributed by atoms with E-state index < -0.39 is 116 Å². The third-order valence-corrected chi connectivity index (χ3v) is 9.32. The van der Waals surface area contributed by atoms with Crippen molar-refractivity contribution in [3.8, 4) is 23.0 Å². The summed E-state index contributed by atoms with van der Waals surface area (Å²) in [5.41, 5.74) is 0.811. The van der Waals surface area contributed by atoms with E-state index in [0.29, 0.717) is 5.56 Å². The minimum atomic E-state index is -1.86. The maximum atomic E-state index is 13.3. The van der Waals surface area contributed by atoms with Gasteiger partial charge in [0.25, 0.3) is 0 Å². The normalized spacial score (nSPS) is 37.3. The summed E-state index contributed by atoms with van der Waals surface area (Å²) in [5, 5.41) is 113. The highest BCUT2D eigenvalue weighted by molar-refractivity contribution is 5.87. The largest absolute Gasteiger partial charge is 0.504 e. The van der Waals surface area contributed by atoms with E-state index in [4.69, 9.17) is 33.2 Å². The molecule has 11 N–H and O–H groups in total. The van der Waals surface area contributed by atoms with Gasteiger partial charge in [-0.25, -0.2) is 4.79 Å². The highest BCUT2D eigenvalue weighted by atomic mass is 16.8. The molecule has 2 aromatic carbocycles. The minimum Gasteiger partial charge on any atom is -0.504 e. The van der Waals surface area contributed by atoms with Crippen molar-refractivity contribution >= 4 is 12.0 Å². The van der Waals surface area contributed by atoms with Crippen LogP contribution in [0.4, 0.5) is 0 Å². The summed E-state index contributed by atoms with van der Waals surface area (Å²) in [6.45, 7) is 2.06. The summed E-state index contributed by atoms with van der Waals surface area (Å²) < 4.78 is 40.4. The van der Waals surface area contributed by atoms with Crippen LogP contribution in [0.15, 0.2) is 42.5 Å². The van der Waals surface area contributed by atoms with Crippen LogP contribution in [-0.4, -0.2) is 167 Å². The average molecular weight is 771 g/mol. The Hall–Kier alpha value is -3.67. The van der Waals surface area contributed by atoms with Crippen molar-refractivity contribution in [3.63, 3.8) is 0 Å². The number of aromatic hydroxyl groups is 4.